The van der Waals surface area contributed by atoms with Gasteiger partial charge in [0, 0.05) is 13.1 Å². The Hall–Kier alpha value is -1.10. The highest BCUT2D eigenvalue weighted by Gasteiger charge is 2.22. The van der Waals surface area contributed by atoms with Crippen molar-refractivity contribution in [2.45, 2.75) is 26.2 Å². The Balaban J connectivity index is 2.27. The molecule has 0 unspecified atom stereocenters. The lowest BCUT2D eigenvalue weighted by atomic mass is 9.85. The molecule has 16 heavy (non-hydrogen) atoms. The zero-order chi connectivity index (χ0) is 12.0. The largest absolute Gasteiger partial charge is 0.346 e. The number of hydrogen-bond donors (Lipinski definition) is 2. The Bertz CT molecular complexity index is 252. The topological polar surface area (TPSA) is 75.4 Å². The first-order chi connectivity index (χ1) is 7.67. The molecule has 1 aliphatic rings. The molecule has 0 saturated heterocycles. The number of amides is 2. The molecule has 0 aromatic rings. The SMILES string of the molecule is CCN(CC1CCC1)C(=O)CNC(=O)CN. The van der Waals surface area contributed by atoms with Crippen molar-refractivity contribution in [2.75, 3.05) is 26.2 Å². The third-order valence-electron chi connectivity index (χ3n) is 3.06. The third kappa shape index (κ3) is 3.81. The molecule has 1 saturated carbocycles. The number of nitrogens with zero attached hydrogens (tertiary/aromatic N) is 1. The average Bonchev–Trinajstić information content (AvgIpc) is 2.24. The molecular weight excluding hydrogens is 206 g/mol. The maximum Gasteiger partial charge on any atom is 0.241 e. The van der Waals surface area contributed by atoms with E-state index < -0.39 is 0 Å². The molecule has 5 nitrogen and oxygen atoms in total. The maximum atomic E-state index is 11.7. The second kappa shape index (κ2) is 6.48. The van der Waals surface area contributed by atoms with E-state index in [1.165, 1.54) is 19.3 Å². The van der Waals surface area contributed by atoms with Crippen LogP contribution < -0.4 is 11.1 Å². The summed E-state index contributed by atoms with van der Waals surface area (Å²) in [5.74, 6) is 0.360. The minimum absolute atomic E-state index is 0.0174. The first-order valence-electron chi connectivity index (χ1n) is 5.92. The summed E-state index contributed by atoms with van der Waals surface area (Å²) in [6.45, 7) is 3.49. The zero-order valence-electron chi connectivity index (χ0n) is 9.87. The lowest BCUT2D eigenvalue weighted by Crippen LogP contribution is -2.44. The van der Waals surface area contributed by atoms with Crippen LogP contribution in [0.4, 0.5) is 0 Å². The Morgan fingerprint density at radius 2 is 2.12 bits per heavy atom. The van der Waals surface area contributed by atoms with Crippen LogP contribution in [0.5, 0.6) is 0 Å². The molecule has 0 radical (unpaired) electrons. The second-order valence-electron chi connectivity index (χ2n) is 4.21. The van der Waals surface area contributed by atoms with Crippen molar-refractivity contribution in [3.8, 4) is 0 Å². The quantitative estimate of drug-likeness (QED) is 0.654. The number of likely N-dealkylation sites (N-methyl/N-ethyl adjacent to an activating group) is 1. The van der Waals surface area contributed by atoms with Gasteiger partial charge in [-0.25, -0.2) is 0 Å². The van der Waals surface area contributed by atoms with Gasteiger partial charge < -0.3 is 16.0 Å². The Labute approximate surface area is 96.4 Å². The highest BCUT2D eigenvalue weighted by atomic mass is 16.2. The highest BCUT2D eigenvalue weighted by molar-refractivity contribution is 5.85. The lowest BCUT2D eigenvalue weighted by Gasteiger charge is -2.31. The van der Waals surface area contributed by atoms with Gasteiger partial charge in [-0.15, -0.1) is 0 Å². The average molecular weight is 227 g/mol. The van der Waals surface area contributed by atoms with Gasteiger partial charge in [-0.3, -0.25) is 9.59 Å². The normalized spacial score (nSPS) is 15.4. The van der Waals surface area contributed by atoms with Crippen LogP contribution in [-0.2, 0) is 9.59 Å². The summed E-state index contributed by atoms with van der Waals surface area (Å²) in [4.78, 5) is 24.5. The molecule has 0 bridgehead atoms. The van der Waals surface area contributed by atoms with Crippen LogP contribution in [0, 0.1) is 5.92 Å². The van der Waals surface area contributed by atoms with Crippen LogP contribution >= 0.6 is 0 Å². The van der Waals surface area contributed by atoms with Crippen LogP contribution in [0.25, 0.3) is 0 Å². The van der Waals surface area contributed by atoms with E-state index in [9.17, 15) is 9.59 Å². The summed E-state index contributed by atoms with van der Waals surface area (Å²) in [5.41, 5.74) is 5.14. The molecule has 1 rings (SSSR count). The predicted molar refractivity (Wildman–Crippen MR) is 61.7 cm³/mol. The van der Waals surface area contributed by atoms with Crippen molar-refractivity contribution in [2.24, 2.45) is 11.7 Å². The van der Waals surface area contributed by atoms with Gasteiger partial charge in [-0.2, -0.15) is 0 Å². The smallest absolute Gasteiger partial charge is 0.241 e. The first kappa shape index (κ1) is 13.0. The van der Waals surface area contributed by atoms with E-state index in [1.54, 1.807) is 4.90 Å². The molecule has 1 fully saturated rings. The molecule has 0 aromatic carbocycles. The Morgan fingerprint density at radius 3 is 2.56 bits per heavy atom. The van der Waals surface area contributed by atoms with E-state index in [0.717, 1.165) is 6.54 Å². The van der Waals surface area contributed by atoms with Gasteiger partial charge in [-0.1, -0.05) is 6.42 Å². The minimum atomic E-state index is -0.284. The molecule has 1 aliphatic carbocycles. The van der Waals surface area contributed by atoms with Crippen molar-refractivity contribution >= 4 is 11.8 Å². The fourth-order valence-corrected chi connectivity index (χ4v) is 1.75. The number of hydrogen-bond acceptors (Lipinski definition) is 3. The summed E-state index contributed by atoms with van der Waals surface area (Å²) in [5, 5.41) is 2.50. The number of nitrogens with two attached hydrogens (primary N) is 1. The van der Waals surface area contributed by atoms with Gasteiger partial charge in [-0.05, 0) is 25.7 Å². The van der Waals surface area contributed by atoms with Crippen LogP contribution in [0.15, 0.2) is 0 Å². The minimum Gasteiger partial charge on any atom is -0.346 e. The summed E-state index contributed by atoms with van der Waals surface area (Å²) in [7, 11) is 0. The molecule has 92 valence electrons. The number of carbonyl (C=O) groups excluding carboxylic acids is 2. The van der Waals surface area contributed by atoms with Gasteiger partial charge in [0.2, 0.25) is 11.8 Å². The van der Waals surface area contributed by atoms with Crippen LogP contribution in [0.1, 0.15) is 26.2 Å². The molecule has 3 N–H and O–H groups in total. The monoisotopic (exact) mass is 227 g/mol. The fraction of sp³-hybridized carbons (Fsp3) is 0.818. The summed E-state index contributed by atoms with van der Waals surface area (Å²) in [6.07, 6.45) is 3.72. The van der Waals surface area contributed by atoms with E-state index >= 15 is 0 Å². The molecule has 5 heteroatoms. The number of carbonyl (C=O) groups is 2. The van der Waals surface area contributed by atoms with Gasteiger partial charge in [0.25, 0.3) is 0 Å². The highest BCUT2D eigenvalue weighted by Crippen LogP contribution is 2.26. The van der Waals surface area contributed by atoms with E-state index in [2.05, 4.69) is 5.32 Å². The van der Waals surface area contributed by atoms with Crippen molar-refractivity contribution in [3.63, 3.8) is 0 Å². The van der Waals surface area contributed by atoms with Crippen LogP contribution in [0.2, 0.25) is 0 Å². The second-order valence-corrected chi connectivity index (χ2v) is 4.21. The summed E-state index contributed by atoms with van der Waals surface area (Å²) in [6, 6.07) is 0. The Morgan fingerprint density at radius 1 is 1.44 bits per heavy atom. The van der Waals surface area contributed by atoms with Crippen molar-refractivity contribution in [1.82, 2.24) is 10.2 Å². The third-order valence-corrected chi connectivity index (χ3v) is 3.06. The molecule has 0 heterocycles. The number of nitrogens with one attached hydrogen (secondary N) is 1. The molecular formula is C11H21N3O2. The van der Waals surface area contributed by atoms with Crippen molar-refractivity contribution in [3.05, 3.63) is 0 Å². The van der Waals surface area contributed by atoms with E-state index in [1.807, 2.05) is 6.92 Å². The van der Waals surface area contributed by atoms with Gasteiger partial charge in [0.05, 0.1) is 13.1 Å². The predicted octanol–water partition coefficient (Wildman–Crippen LogP) is -0.290. The van der Waals surface area contributed by atoms with Gasteiger partial charge in [0.15, 0.2) is 0 Å². The van der Waals surface area contributed by atoms with Gasteiger partial charge >= 0.3 is 0 Å². The standard InChI is InChI=1S/C11H21N3O2/c1-2-14(8-9-4-3-5-9)11(16)7-13-10(15)6-12/h9H,2-8,12H2,1H3,(H,13,15). The van der Waals surface area contributed by atoms with E-state index in [4.69, 9.17) is 5.73 Å². The van der Waals surface area contributed by atoms with Gasteiger partial charge in [0.1, 0.15) is 0 Å². The zero-order valence-corrected chi connectivity index (χ0v) is 9.87. The molecule has 2 amide bonds. The molecule has 0 atom stereocenters. The van der Waals surface area contributed by atoms with Crippen LogP contribution in [0.3, 0.4) is 0 Å². The maximum absolute atomic E-state index is 11.7. The summed E-state index contributed by atoms with van der Waals surface area (Å²) >= 11 is 0. The Kier molecular flexibility index (Phi) is 5.25. The molecule has 0 aromatic heterocycles. The van der Waals surface area contributed by atoms with Crippen LogP contribution in [-0.4, -0.2) is 42.9 Å². The van der Waals surface area contributed by atoms with Crippen molar-refractivity contribution < 1.29 is 9.59 Å². The molecule has 0 spiro atoms. The first-order valence-corrected chi connectivity index (χ1v) is 5.92. The fourth-order valence-electron chi connectivity index (χ4n) is 1.75. The number of rotatable bonds is 6. The van der Waals surface area contributed by atoms with E-state index in [0.29, 0.717) is 12.5 Å². The molecule has 0 aliphatic heterocycles. The lowest BCUT2D eigenvalue weighted by molar-refractivity contribution is -0.133. The van der Waals surface area contributed by atoms with E-state index in [-0.39, 0.29) is 24.9 Å². The van der Waals surface area contributed by atoms with Crippen molar-refractivity contribution in [1.29, 1.82) is 0 Å². The summed E-state index contributed by atoms with van der Waals surface area (Å²) < 4.78 is 0.